The number of benzene rings is 1. The molecule has 3 heteroatoms. The summed E-state index contributed by atoms with van der Waals surface area (Å²) < 4.78 is 0.871. The molecule has 0 saturated carbocycles. The van der Waals surface area contributed by atoms with E-state index in [-0.39, 0.29) is 5.91 Å². The average molecular weight is 298 g/mol. The van der Waals surface area contributed by atoms with E-state index in [0.717, 1.165) is 28.7 Å². The molecule has 0 bridgehead atoms. The van der Waals surface area contributed by atoms with Gasteiger partial charge >= 0.3 is 0 Å². The second kappa shape index (κ2) is 6.20. The summed E-state index contributed by atoms with van der Waals surface area (Å²) in [5, 5.41) is 0. The Bertz CT molecular complexity index is 401. The van der Waals surface area contributed by atoms with E-state index >= 15 is 0 Å². The van der Waals surface area contributed by atoms with E-state index < -0.39 is 0 Å². The lowest BCUT2D eigenvalue weighted by Crippen LogP contribution is -2.34. The van der Waals surface area contributed by atoms with E-state index in [0.29, 0.717) is 5.92 Å². The van der Waals surface area contributed by atoms with Gasteiger partial charge in [-0.1, -0.05) is 25.5 Å². The maximum absolute atomic E-state index is 12.4. The number of hydrogen-bond acceptors (Lipinski definition) is 1. The molecule has 1 rings (SSSR count). The number of carbonyl (C=O) groups is 1. The number of nitrogens with zero attached hydrogens (tertiary/aromatic N) is 1. The summed E-state index contributed by atoms with van der Waals surface area (Å²) in [6, 6.07) is 5.88. The van der Waals surface area contributed by atoms with Gasteiger partial charge in [0.25, 0.3) is 5.91 Å². The van der Waals surface area contributed by atoms with Crippen molar-refractivity contribution in [3.8, 4) is 0 Å². The van der Waals surface area contributed by atoms with E-state index in [2.05, 4.69) is 29.8 Å². The molecule has 0 aliphatic rings. The van der Waals surface area contributed by atoms with Crippen LogP contribution in [-0.2, 0) is 0 Å². The van der Waals surface area contributed by atoms with Crippen LogP contribution in [-0.4, -0.2) is 23.9 Å². The van der Waals surface area contributed by atoms with Gasteiger partial charge in [-0.05, 0) is 47.8 Å². The van der Waals surface area contributed by atoms with Gasteiger partial charge in [-0.25, -0.2) is 0 Å². The first-order chi connectivity index (χ1) is 7.95. The van der Waals surface area contributed by atoms with Crippen LogP contribution in [0.25, 0.3) is 0 Å². The predicted octanol–water partition coefficient (Wildman–Crippen LogP) is 3.88. The summed E-state index contributed by atoms with van der Waals surface area (Å²) in [6.45, 7) is 9.82. The first-order valence-corrected chi connectivity index (χ1v) is 6.80. The largest absolute Gasteiger partial charge is 0.339 e. The Kier molecular flexibility index (Phi) is 5.19. The van der Waals surface area contributed by atoms with E-state index in [1.807, 2.05) is 36.9 Å². The average Bonchev–Trinajstić information content (AvgIpc) is 2.28. The molecular formula is C14H20BrNO. The number of hydrogen-bond donors (Lipinski definition) is 0. The zero-order valence-corrected chi connectivity index (χ0v) is 12.5. The van der Waals surface area contributed by atoms with Crippen molar-refractivity contribution in [1.29, 1.82) is 0 Å². The summed E-state index contributed by atoms with van der Waals surface area (Å²) in [6.07, 6.45) is 0. The standard InChI is InChI=1S/C14H20BrNO/c1-5-16(9-10(2)3)14(17)12-8-11(4)6-7-13(12)15/h6-8,10H,5,9H2,1-4H3. The van der Waals surface area contributed by atoms with Crippen LogP contribution in [0.1, 0.15) is 36.7 Å². The third-order valence-electron chi connectivity index (χ3n) is 2.61. The monoisotopic (exact) mass is 297 g/mol. The van der Waals surface area contributed by atoms with Crippen LogP contribution >= 0.6 is 15.9 Å². The Morgan fingerprint density at radius 1 is 1.41 bits per heavy atom. The number of aryl methyl sites for hydroxylation is 1. The van der Waals surface area contributed by atoms with E-state index in [1.54, 1.807) is 0 Å². The van der Waals surface area contributed by atoms with Crippen molar-refractivity contribution in [3.63, 3.8) is 0 Å². The molecule has 0 heterocycles. The van der Waals surface area contributed by atoms with Crippen LogP contribution in [0.4, 0.5) is 0 Å². The van der Waals surface area contributed by atoms with Gasteiger partial charge in [-0.3, -0.25) is 4.79 Å². The van der Waals surface area contributed by atoms with Gasteiger partial charge in [0.05, 0.1) is 5.56 Å². The zero-order chi connectivity index (χ0) is 13.0. The van der Waals surface area contributed by atoms with Gasteiger partial charge in [-0.15, -0.1) is 0 Å². The van der Waals surface area contributed by atoms with Crippen LogP contribution in [0.3, 0.4) is 0 Å². The van der Waals surface area contributed by atoms with E-state index in [1.165, 1.54) is 0 Å². The molecule has 1 aromatic rings. The highest BCUT2D eigenvalue weighted by Crippen LogP contribution is 2.20. The fourth-order valence-electron chi connectivity index (χ4n) is 1.77. The Balaban J connectivity index is 2.97. The summed E-state index contributed by atoms with van der Waals surface area (Å²) >= 11 is 3.45. The van der Waals surface area contributed by atoms with Crippen LogP contribution in [0.2, 0.25) is 0 Å². The maximum Gasteiger partial charge on any atom is 0.255 e. The van der Waals surface area contributed by atoms with Crippen molar-refractivity contribution in [1.82, 2.24) is 4.90 Å². The Morgan fingerprint density at radius 3 is 2.59 bits per heavy atom. The van der Waals surface area contributed by atoms with Crippen LogP contribution in [0.15, 0.2) is 22.7 Å². The van der Waals surface area contributed by atoms with Crippen molar-refractivity contribution < 1.29 is 4.79 Å². The van der Waals surface area contributed by atoms with Crippen LogP contribution in [0.5, 0.6) is 0 Å². The molecule has 0 unspecified atom stereocenters. The molecular weight excluding hydrogens is 278 g/mol. The number of carbonyl (C=O) groups excluding carboxylic acids is 1. The summed E-state index contributed by atoms with van der Waals surface area (Å²) in [5.74, 6) is 0.597. The molecule has 17 heavy (non-hydrogen) atoms. The quantitative estimate of drug-likeness (QED) is 0.826. The first kappa shape index (κ1) is 14.2. The van der Waals surface area contributed by atoms with Gasteiger partial charge in [0.15, 0.2) is 0 Å². The van der Waals surface area contributed by atoms with Crippen LogP contribution in [0, 0.1) is 12.8 Å². The molecule has 0 N–H and O–H groups in total. The summed E-state index contributed by atoms with van der Waals surface area (Å²) in [5.41, 5.74) is 1.87. The summed E-state index contributed by atoms with van der Waals surface area (Å²) in [4.78, 5) is 14.3. The first-order valence-electron chi connectivity index (χ1n) is 6.01. The fourth-order valence-corrected chi connectivity index (χ4v) is 2.19. The molecule has 0 aliphatic heterocycles. The maximum atomic E-state index is 12.4. The second-order valence-electron chi connectivity index (χ2n) is 4.72. The van der Waals surface area contributed by atoms with Crippen molar-refractivity contribution in [3.05, 3.63) is 33.8 Å². The Hall–Kier alpha value is -0.830. The molecule has 2 nitrogen and oxygen atoms in total. The van der Waals surface area contributed by atoms with Crippen molar-refractivity contribution >= 4 is 21.8 Å². The van der Waals surface area contributed by atoms with E-state index in [9.17, 15) is 4.79 Å². The van der Waals surface area contributed by atoms with Crippen molar-refractivity contribution in [2.45, 2.75) is 27.7 Å². The zero-order valence-electron chi connectivity index (χ0n) is 11.0. The third-order valence-corrected chi connectivity index (χ3v) is 3.30. The topological polar surface area (TPSA) is 20.3 Å². The Morgan fingerprint density at radius 2 is 2.06 bits per heavy atom. The number of amides is 1. The normalized spacial score (nSPS) is 10.7. The molecule has 0 spiro atoms. The SMILES string of the molecule is CCN(CC(C)C)C(=O)c1cc(C)ccc1Br. The van der Waals surface area contributed by atoms with Gasteiger partial charge < -0.3 is 4.90 Å². The highest BCUT2D eigenvalue weighted by atomic mass is 79.9. The van der Waals surface area contributed by atoms with Crippen molar-refractivity contribution in [2.75, 3.05) is 13.1 Å². The second-order valence-corrected chi connectivity index (χ2v) is 5.58. The van der Waals surface area contributed by atoms with E-state index in [4.69, 9.17) is 0 Å². The van der Waals surface area contributed by atoms with Crippen molar-refractivity contribution in [2.24, 2.45) is 5.92 Å². The Labute approximate surface area is 112 Å². The lowest BCUT2D eigenvalue weighted by Gasteiger charge is -2.23. The molecule has 1 amide bonds. The molecule has 0 saturated heterocycles. The van der Waals surface area contributed by atoms with Gasteiger partial charge in [-0.2, -0.15) is 0 Å². The van der Waals surface area contributed by atoms with Crippen LogP contribution < -0.4 is 0 Å². The fraction of sp³-hybridized carbons (Fsp3) is 0.500. The minimum atomic E-state index is 0.108. The third kappa shape index (κ3) is 3.84. The lowest BCUT2D eigenvalue weighted by molar-refractivity contribution is 0.0745. The smallest absolute Gasteiger partial charge is 0.255 e. The molecule has 94 valence electrons. The molecule has 0 aliphatic carbocycles. The summed E-state index contributed by atoms with van der Waals surface area (Å²) in [7, 11) is 0. The van der Waals surface area contributed by atoms with Gasteiger partial charge in [0, 0.05) is 17.6 Å². The highest BCUT2D eigenvalue weighted by Gasteiger charge is 2.17. The molecule has 0 radical (unpaired) electrons. The molecule has 0 fully saturated rings. The predicted molar refractivity (Wildman–Crippen MR) is 75.3 cm³/mol. The molecule has 1 aromatic carbocycles. The number of rotatable bonds is 4. The molecule has 0 atom stereocenters. The minimum absolute atomic E-state index is 0.108. The minimum Gasteiger partial charge on any atom is -0.339 e. The van der Waals surface area contributed by atoms with Gasteiger partial charge in [0.2, 0.25) is 0 Å². The highest BCUT2D eigenvalue weighted by molar-refractivity contribution is 9.10. The van der Waals surface area contributed by atoms with Gasteiger partial charge in [0.1, 0.15) is 0 Å². The number of halogens is 1. The molecule has 0 aromatic heterocycles. The lowest BCUT2D eigenvalue weighted by atomic mass is 10.1.